The van der Waals surface area contributed by atoms with Crippen LogP contribution < -0.4 is 4.74 Å². The number of amides is 3. The van der Waals surface area contributed by atoms with Crippen LogP contribution in [0.5, 0.6) is 5.75 Å². The molecule has 184 valence electrons. The molecule has 2 aromatic rings. The van der Waals surface area contributed by atoms with Gasteiger partial charge in [-0.3, -0.25) is 19.3 Å². The second-order valence-electron chi connectivity index (χ2n) is 8.29. The number of likely N-dealkylation sites (tertiary alicyclic amines) is 1. The fourth-order valence-corrected chi connectivity index (χ4v) is 6.97. The monoisotopic (exact) mass is 736 g/mol. The quantitative estimate of drug-likeness (QED) is 0.248. The van der Waals surface area contributed by atoms with E-state index in [2.05, 4.69) is 45.2 Å². The van der Waals surface area contributed by atoms with E-state index in [1.54, 1.807) is 11.0 Å². The second kappa shape index (κ2) is 12.3. The Hall–Kier alpha value is -1.31. The normalized spacial score (nSPS) is 17.7. The fraction of sp³-hybridized carbons (Fsp3) is 0.320. The first kappa shape index (κ1) is 26.7. The SMILES string of the molecule is O=C(CN1C(=O)SC(=Cc2cc(I)c(OCc3ccc(Cl)cc3)c(I)c2)C1=O)N1CCCCCC1. The predicted octanol–water partition coefficient (Wildman–Crippen LogP) is 6.57. The van der Waals surface area contributed by atoms with Crippen molar-refractivity contribution in [2.45, 2.75) is 32.3 Å². The van der Waals surface area contributed by atoms with Crippen molar-refractivity contribution in [2.75, 3.05) is 19.6 Å². The number of nitrogens with zero attached hydrogens (tertiary/aromatic N) is 2. The molecule has 10 heteroatoms. The zero-order valence-corrected chi connectivity index (χ0v) is 24.7. The van der Waals surface area contributed by atoms with Gasteiger partial charge in [0, 0.05) is 18.1 Å². The van der Waals surface area contributed by atoms with Gasteiger partial charge in [-0.1, -0.05) is 36.6 Å². The van der Waals surface area contributed by atoms with E-state index in [4.69, 9.17) is 16.3 Å². The largest absolute Gasteiger partial charge is 0.487 e. The van der Waals surface area contributed by atoms with Gasteiger partial charge >= 0.3 is 0 Å². The average molecular weight is 737 g/mol. The van der Waals surface area contributed by atoms with Crippen molar-refractivity contribution in [1.29, 1.82) is 0 Å². The first-order valence-corrected chi connectivity index (χ1v) is 14.6. The molecule has 0 radical (unpaired) electrons. The van der Waals surface area contributed by atoms with Crippen LogP contribution in [0.4, 0.5) is 4.79 Å². The number of halogens is 3. The van der Waals surface area contributed by atoms with Crippen LogP contribution in [0.3, 0.4) is 0 Å². The first-order valence-electron chi connectivity index (χ1n) is 11.2. The highest BCUT2D eigenvalue weighted by Gasteiger charge is 2.37. The van der Waals surface area contributed by atoms with Crippen molar-refractivity contribution >= 4 is 91.7 Å². The summed E-state index contributed by atoms with van der Waals surface area (Å²) in [5, 5.41) is 0.273. The molecule has 2 fully saturated rings. The number of rotatable bonds is 6. The molecule has 0 unspecified atom stereocenters. The van der Waals surface area contributed by atoms with Crippen molar-refractivity contribution in [2.24, 2.45) is 0 Å². The van der Waals surface area contributed by atoms with Crippen LogP contribution in [0.25, 0.3) is 6.08 Å². The summed E-state index contributed by atoms with van der Waals surface area (Å²) >= 11 is 11.2. The highest BCUT2D eigenvalue weighted by atomic mass is 127. The third-order valence-electron chi connectivity index (χ3n) is 5.74. The molecule has 2 aliphatic heterocycles. The number of imide groups is 1. The lowest BCUT2D eigenvalue weighted by atomic mass is 10.2. The summed E-state index contributed by atoms with van der Waals surface area (Å²) in [6, 6.07) is 11.3. The molecular weight excluding hydrogens is 714 g/mol. The Balaban J connectivity index is 1.44. The molecule has 0 bridgehead atoms. The molecular formula is C25H23ClI2N2O4S. The van der Waals surface area contributed by atoms with E-state index in [0.29, 0.717) is 29.6 Å². The first-order chi connectivity index (χ1) is 16.8. The Bertz CT molecular complexity index is 1140. The van der Waals surface area contributed by atoms with Crippen molar-refractivity contribution in [1.82, 2.24) is 9.80 Å². The molecule has 2 aliphatic rings. The smallest absolute Gasteiger partial charge is 0.294 e. The summed E-state index contributed by atoms with van der Waals surface area (Å²) in [5.74, 6) is 0.174. The third-order valence-corrected chi connectivity index (χ3v) is 8.50. The molecule has 4 rings (SSSR count). The summed E-state index contributed by atoms with van der Waals surface area (Å²) in [4.78, 5) is 41.3. The standard InChI is InChI=1S/C25H23ClI2N2O4S/c26-18-7-5-16(6-8-18)15-34-23-19(27)11-17(12-20(23)28)13-21-24(32)30(25(33)35-21)14-22(31)29-9-3-1-2-4-10-29/h5-8,11-13H,1-4,9-10,14-15H2. The van der Waals surface area contributed by atoms with E-state index in [-0.39, 0.29) is 12.5 Å². The highest BCUT2D eigenvalue weighted by Crippen LogP contribution is 2.35. The number of ether oxygens (including phenoxy) is 1. The summed E-state index contributed by atoms with van der Waals surface area (Å²) in [6.07, 6.45) is 5.84. The number of hydrogen-bond donors (Lipinski definition) is 0. The van der Waals surface area contributed by atoms with Crippen LogP contribution in [0.2, 0.25) is 5.02 Å². The number of carbonyl (C=O) groups is 3. The van der Waals surface area contributed by atoms with E-state index in [0.717, 1.165) is 66.4 Å². The van der Waals surface area contributed by atoms with Gasteiger partial charge in [-0.2, -0.15) is 0 Å². The molecule has 0 saturated carbocycles. The molecule has 0 aliphatic carbocycles. The molecule has 35 heavy (non-hydrogen) atoms. The van der Waals surface area contributed by atoms with Crippen LogP contribution in [0.15, 0.2) is 41.3 Å². The minimum atomic E-state index is -0.420. The molecule has 2 saturated heterocycles. The third kappa shape index (κ3) is 6.92. The topological polar surface area (TPSA) is 66.9 Å². The molecule has 0 atom stereocenters. The lowest BCUT2D eigenvalue weighted by Crippen LogP contribution is -2.42. The maximum Gasteiger partial charge on any atom is 0.294 e. The molecule has 3 amide bonds. The van der Waals surface area contributed by atoms with Gasteiger partial charge in [0.15, 0.2) is 0 Å². The second-order valence-corrected chi connectivity index (χ2v) is 12.0. The van der Waals surface area contributed by atoms with Gasteiger partial charge in [0.1, 0.15) is 18.9 Å². The number of carbonyl (C=O) groups excluding carboxylic acids is 3. The zero-order chi connectivity index (χ0) is 24.9. The fourth-order valence-electron chi connectivity index (χ4n) is 3.88. The Morgan fingerprint density at radius 1 is 1.03 bits per heavy atom. The van der Waals surface area contributed by atoms with Crippen molar-refractivity contribution in [3.63, 3.8) is 0 Å². The van der Waals surface area contributed by atoms with Crippen LogP contribution in [-0.4, -0.2) is 46.5 Å². The van der Waals surface area contributed by atoms with E-state index >= 15 is 0 Å². The number of benzene rings is 2. The summed E-state index contributed by atoms with van der Waals surface area (Å²) in [5.41, 5.74) is 1.80. The minimum Gasteiger partial charge on any atom is -0.487 e. The van der Waals surface area contributed by atoms with Crippen molar-refractivity contribution < 1.29 is 19.1 Å². The zero-order valence-electron chi connectivity index (χ0n) is 18.8. The number of hydrogen-bond acceptors (Lipinski definition) is 5. The summed E-state index contributed by atoms with van der Waals surface area (Å²) in [6.45, 7) is 1.59. The lowest BCUT2D eigenvalue weighted by Gasteiger charge is -2.22. The van der Waals surface area contributed by atoms with Crippen LogP contribution in [0, 0.1) is 7.14 Å². The van der Waals surface area contributed by atoms with E-state index < -0.39 is 11.1 Å². The van der Waals surface area contributed by atoms with E-state index in [1.807, 2.05) is 36.4 Å². The van der Waals surface area contributed by atoms with Gasteiger partial charge in [-0.15, -0.1) is 0 Å². The van der Waals surface area contributed by atoms with Gasteiger partial charge in [-0.05, 0) is 111 Å². The predicted molar refractivity (Wildman–Crippen MR) is 155 cm³/mol. The molecule has 2 heterocycles. The van der Waals surface area contributed by atoms with Gasteiger partial charge in [-0.25, -0.2) is 0 Å². The Morgan fingerprint density at radius 3 is 2.29 bits per heavy atom. The maximum absolute atomic E-state index is 12.9. The van der Waals surface area contributed by atoms with Gasteiger partial charge in [0.25, 0.3) is 11.1 Å². The van der Waals surface area contributed by atoms with E-state index in [1.165, 1.54) is 0 Å². The van der Waals surface area contributed by atoms with Gasteiger partial charge < -0.3 is 9.64 Å². The Morgan fingerprint density at radius 2 is 1.66 bits per heavy atom. The average Bonchev–Trinajstić information content (AvgIpc) is 3.01. The van der Waals surface area contributed by atoms with Crippen molar-refractivity contribution in [3.8, 4) is 5.75 Å². The molecule has 0 spiro atoms. The number of thioether (sulfide) groups is 1. The van der Waals surface area contributed by atoms with Crippen molar-refractivity contribution in [3.05, 3.63) is 64.6 Å². The highest BCUT2D eigenvalue weighted by molar-refractivity contribution is 14.1. The maximum atomic E-state index is 12.9. The van der Waals surface area contributed by atoms with Gasteiger partial charge in [0.05, 0.1) is 12.0 Å². The lowest BCUT2D eigenvalue weighted by molar-refractivity contribution is -0.135. The summed E-state index contributed by atoms with van der Waals surface area (Å²) in [7, 11) is 0. The summed E-state index contributed by atoms with van der Waals surface area (Å²) < 4.78 is 7.82. The minimum absolute atomic E-state index is 0.165. The molecule has 0 aromatic heterocycles. The Kier molecular flexibility index (Phi) is 9.39. The van der Waals surface area contributed by atoms with E-state index in [9.17, 15) is 14.4 Å². The van der Waals surface area contributed by atoms with Crippen LogP contribution in [-0.2, 0) is 16.2 Å². The van der Waals surface area contributed by atoms with Gasteiger partial charge in [0.2, 0.25) is 5.91 Å². The van der Waals surface area contributed by atoms with Crippen LogP contribution >= 0.6 is 68.5 Å². The molecule has 0 N–H and O–H groups in total. The molecule has 6 nitrogen and oxygen atoms in total. The van der Waals surface area contributed by atoms with Crippen LogP contribution in [0.1, 0.15) is 36.8 Å². The molecule has 2 aromatic carbocycles. The Labute approximate surface area is 241 Å².